The SMILES string of the molecule is Cc1ccc2c(-c3ccc(F)cc3)cc(Cl)nc2c1. The van der Waals surface area contributed by atoms with E-state index in [0.717, 1.165) is 27.6 Å². The van der Waals surface area contributed by atoms with Crippen LogP contribution in [0.2, 0.25) is 5.15 Å². The molecule has 1 aromatic heterocycles. The van der Waals surface area contributed by atoms with Gasteiger partial charge in [0.15, 0.2) is 0 Å². The van der Waals surface area contributed by atoms with Crippen molar-refractivity contribution in [3.63, 3.8) is 0 Å². The third-order valence-electron chi connectivity index (χ3n) is 3.09. The van der Waals surface area contributed by atoms with E-state index in [4.69, 9.17) is 11.6 Å². The quantitative estimate of drug-likeness (QED) is 0.567. The monoisotopic (exact) mass is 271 g/mol. The Labute approximate surface area is 115 Å². The lowest BCUT2D eigenvalue weighted by molar-refractivity contribution is 0.628. The van der Waals surface area contributed by atoms with Gasteiger partial charge in [-0.15, -0.1) is 0 Å². The fourth-order valence-electron chi connectivity index (χ4n) is 2.17. The molecule has 3 heteroatoms. The normalized spacial score (nSPS) is 10.9. The number of fused-ring (bicyclic) bond motifs is 1. The van der Waals surface area contributed by atoms with Crippen LogP contribution >= 0.6 is 11.6 Å². The molecule has 94 valence electrons. The van der Waals surface area contributed by atoms with Gasteiger partial charge in [0.1, 0.15) is 11.0 Å². The predicted octanol–water partition coefficient (Wildman–Crippen LogP) is 5.00. The van der Waals surface area contributed by atoms with Gasteiger partial charge in [-0.1, -0.05) is 35.9 Å². The maximum absolute atomic E-state index is 13.0. The number of pyridine rings is 1. The van der Waals surface area contributed by atoms with Crippen LogP contribution in [0.25, 0.3) is 22.0 Å². The molecule has 0 atom stereocenters. The Kier molecular flexibility index (Phi) is 2.96. The van der Waals surface area contributed by atoms with Crippen molar-refractivity contribution in [1.29, 1.82) is 0 Å². The largest absolute Gasteiger partial charge is 0.236 e. The number of halogens is 2. The zero-order chi connectivity index (χ0) is 13.4. The molecule has 1 nitrogen and oxygen atoms in total. The summed E-state index contributed by atoms with van der Waals surface area (Å²) in [6.45, 7) is 2.01. The maximum Gasteiger partial charge on any atom is 0.130 e. The Bertz CT molecular complexity index is 745. The summed E-state index contributed by atoms with van der Waals surface area (Å²) in [5.74, 6) is -0.246. The van der Waals surface area contributed by atoms with E-state index in [1.54, 1.807) is 12.1 Å². The van der Waals surface area contributed by atoms with Crippen LogP contribution in [0.3, 0.4) is 0 Å². The summed E-state index contributed by atoms with van der Waals surface area (Å²) in [6, 6.07) is 14.3. The number of hydrogen-bond donors (Lipinski definition) is 0. The number of rotatable bonds is 1. The molecular formula is C16H11ClFN. The van der Waals surface area contributed by atoms with Crippen molar-refractivity contribution < 1.29 is 4.39 Å². The first-order valence-corrected chi connectivity index (χ1v) is 6.34. The molecule has 0 bridgehead atoms. The molecule has 0 saturated carbocycles. The zero-order valence-corrected chi connectivity index (χ0v) is 11.1. The van der Waals surface area contributed by atoms with Gasteiger partial charge in [-0.25, -0.2) is 9.37 Å². The van der Waals surface area contributed by atoms with Crippen molar-refractivity contribution in [2.75, 3.05) is 0 Å². The van der Waals surface area contributed by atoms with Crippen molar-refractivity contribution in [1.82, 2.24) is 4.98 Å². The first kappa shape index (κ1) is 12.1. The molecule has 1 heterocycles. The van der Waals surface area contributed by atoms with Crippen LogP contribution in [0.1, 0.15) is 5.56 Å². The summed E-state index contributed by atoms with van der Waals surface area (Å²) < 4.78 is 13.0. The van der Waals surface area contributed by atoms with Crippen LogP contribution in [0, 0.1) is 12.7 Å². The summed E-state index contributed by atoms with van der Waals surface area (Å²) in [6.07, 6.45) is 0. The molecule has 19 heavy (non-hydrogen) atoms. The van der Waals surface area contributed by atoms with Crippen molar-refractivity contribution in [3.8, 4) is 11.1 Å². The third kappa shape index (κ3) is 2.32. The fraction of sp³-hybridized carbons (Fsp3) is 0.0625. The van der Waals surface area contributed by atoms with E-state index in [1.165, 1.54) is 12.1 Å². The van der Waals surface area contributed by atoms with Crippen LogP contribution in [0.4, 0.5) is 4.39 Å². The van der Waals surface area contributed by atoms with Gasteiger partial charge in [0.05, 0.1) is 5.52 Å². The highest BCUT2D eigenvalue weighted by atomic mass is 35.5. The smallest absolute Gasteiger partial charge is 0.130 e. The Hall–Kier alpha value is -1.93. The van der Waals surface area contributed by atoms with Crippen LogP contribution in [-0.2, 0) is 0 Å². The molecule has 3 aromatic rings. The second kappa shape index (κ2) is 4.63. The van der Waals surface area contributed by atoms with Crippen LogP contribution in [0.5, 0.6) is 0 Å². The average Bonchev–Trinajstić information content (AvgIpc) is 2.38. The van der Waals surface area contributed by atoms with Crippen LogP contribution in [0.15, 0.2) is 48.5 Å². The highest BCUT2D eigenvalue weighted by Gasteiger charge is 2.07. The van der Waals surface area contributed by atoms with Gasteiger partial charge in [-0.05, 0) is 47.9 Å². The first-order valence-electron chi connectivity index (χ1n) is 5.96. The van der Waals surface area contributed by atoms with Gasteiger partial charge in [-0.2, -0.15) is 0 Å². The van der Waals surface area contributed by atoms with Gasteiger partial charge < -0.3 is 0 Å². The van der Waals surface area contributed by atoms with E-state index in [2.05, 4.69) is 4.98 Å². The summed E-state index contributed by atoms with van der Waals surface area (Å²) in [5, 5.41) is 1.46. The molecule has 0 radical (unpaired) electrons. The summed E-state index contributed by atoms with van der Waals surface area (Å²) in [4.78, 5) is 4.33. The second-order valence-electron chi connectivity index (χ2n) is 4.52. The number of hydrogen-bond acceptors (Lipinski definition) is 1. The first-order chi connectivity index (χ1) is 9.13. The number of benzene rings is 2. The minimum atomic E-state index is -0.246. The topological polar surface area (TPSA) is 12.9 Å². The molecule has 0 amide bonds. The van der Waals surface area contributed by atoms with E-state index < -0.39 is 0 Å². The Morgan fingerprint density at radius 1 is 1.00 bits per heavy atom. The standard InChI is InChI=1S/C16H11ClFN/c1-10-2-7-13-14(9-16(17)19-15(13)8-10)11-3-5-12(18)6-4-11/h2-9H,1H3. The molecule has 0 aliphatic heterocycles. The lowest BCUT2D eigenvalue weighted by Crippen LogP contribution is -1.87. The lowest BCUT2D eigenvalue weighted by atomic mass is 10.0. The van der Waals surface area contributed by atoms with Crippen molar-refractivity contribution in [2.24, 2.45) is 0 Å². The second-order valence-corrected chi connectivity index (χ2v) is 4.91. The molecule has 0 saturated heterocycles. The molecule has 0 spiro atoms. The number of aromatic nitrogens is 1. The van der Waals surface area contributed by atoms with E-state index >= 15 is 0 Å². The number of aryl methyl sites for hydroxylation is 1. The minimum absolute atomic E-state index is 0.246. The molecule has 0 fully saturated rings. The van der Waals surface area contributed by atoms with Gasteiger partial charge in [0, 0.05) is 5.39 Å². The minimum Gasteiger partial charge on any atom is -0.236 e. The van der Waals surface area contributed by atoms with Crippen molar-refractivity contribution >= 4 is 22.5 Å². The van der Waals surface area contributed by atoms with Gasteiger partial charge in [-0.3, -0.25) is 0 Å². The van der Waals surface area contributed by atoms with Gasteiger partial charge in [0.25, 0.3) is 0 Å². The van der Waals surface area contributed by atoms with E-state index in [1.807, 2.05) is 31.2 Å². The highest BCUT2D eigenvalue weighted by molar-refractivity contribution is 6.30. The third-order valence-corrected chi connectivity index (χ3v) is 3.28. The Balaban J connectivity index is 2.30. The predicted molar refractivity (Wildman–Crippen MR) is 76.9 cm³/mol. The Morgan fingerprint density at radius 3 is 2.47 bits per heavy atom. The molecular weight excluding hydrogens is 261 g/mol. The summed E-state index contributed by atoms with van der Waals surface area (Å²) in [7, 11) is 0. The molecule has 2 aromatic carbocycles. The lowest BCUT2D eigenvalue weighted by Gasteiger charge is -2.08. The molecule has 3 rings (SSSR count). The van der Waals surface area contributed by atoms with Gasteiger partial charge in [0.2, 0.25) is 0 Å². The van der Waals surface area contributed by atoms with E-state index in [9.17, 15) is 4.39 Å². The van der Waals surface area contributed by atoms with Crippen molar-refractivity contribution in [3.05, 3.63) is 65.1 Å². The maximum atomic E-state index is 13.0. The highest BCUT2D eigenvalue weighted by Crippen LogP contribution is 2.30. The molecule has 0 aliphatic rings. The zero-order valence-electron chi connectivity index (χ0n) is 10.3. The molecule has 0 aliphatic carbocycles. The summed E-state index contributed by atoms with van der Waals surface area (Å²) >= 11 is 6.07. The van der Waals surface area contributed by atoms with E-state index in [-0.39, 0.29) is 5.82 Å². The Morgan fingerprint density at radius 2 is 1.74 bits per heavy atom. The fourth-order valence-corrected chi connectivity index (χ4v) is 2.37. The van der Waals surface area contributed by atoms with Crippen LogP contribution < -0.4 is 0 Å². The average molecular weight is 272 g/mol. The van der Waals surface area contributed by atoms with Crippen molar-refractivity contribution in [2.45, 2.75) is 6.92 Å². The molecule has 0 unspecified atom stereocenters. The molecule has 0 N–H and O–H groups in total. The van der Waals surface area contributed by atoms with Gasteiger partial charge >= 0.3 is 0 Å². The van der Waals surface area contributed by atoms with E-state index in [0.29, 0.717) is 5.15 Å². The summed E-state index contributed by atoms with van der Waals surface area (Å²) in [5.41, 5.74) is 3.88. The number of nitrogens with zero attached hydrogens (tertiary/aromatic N) is 1. The van der Waals surface area contributed by atoms with Crippen LogP contribution in [-0.4, -0.2) is 4.98 Å².